The number of amides is 2. The SMILES string of the molecule is Cc1cc(C(=O)N2CCCC23CCCN(Cc2ccccc2)C3=O)nn1C. The van der Waals surface area contributed by atoms with Gasteiger partial charge < -0.3 is 9.80 Å². The van der Waals surface area contributed by atoms with E-state index in [4.69, 9.17) is 0 Å². The van der Waals surface area contributed by atoms with E-state index in [1.54, 1.807) is 9.58 Å². The molecule has 1 aromatic carbocycles. The Morgan fingerprint density at radius 1 is 1.15 bits per heavy atom. The van der Waals surface area contributed by atoms with Gasteiger partial charge in [0.1, 0.15) is 5.54 Å². The molecule has 0 aliphatic carbocycles. The number of nitrogens with zero attached hydrogens (tertiary/aromatic N) is 4. The normalized spacial score (nSPS) is 22.7. The molecule has 2 aliphatic rings. The second-order valence-corrected chi connectivity index (χ2v) is 7.70. The summed E-state index contributed by atoms with van der Waals surface area (Å²) in [6.07, 6.45) is 3.27. The van der Waals surface area contributed by atoms with Crippen molar-refractivity contribution in [1.29, 1.82) is 0 Å². The summed E-state index contributed by atoms with van der Waals surface area (Å²) < 4.78 is 1.71. The lowest BCUT2D eigenvalue weighted by Crippen LogP contribution is -2.61. The fourth-order valence-corrected chi connectivity index (χ4v) is 4.48. The molecule has 27 heavy (non-hydrogen) atoms. The molecule has 2 amide bonds. The average molecular weight is 366 g/mol. The average Bonchev–Trinajstić information content (AvgIpc) is 3.24. The fourth-order valence-electron chi connectivity index (χ4n) is 4.48. The molecule has 1 spiro atoms. The van der Waals surface area contributed by atoms with Crippen LogP contribution in [-0.4, -0.2) is 50.0 Å². The first-order valence-corrected chi connectivity index (χ1v) is 9.67. The standard InChI is InChI=1S/C21H26N4O2/c1-16-14-18(22-23(16)2)19(26)25-13-7-11-21(25)10-6-12-24(20(21)27)15-17-8-4-3-5-9-17/h3-5,8-9,14H,6-7,10-13,15H2,1-2H3. The predicted molar refractivity (Wildman–Crippen MR) is 102 cm³/mol. The minimum absolute atomic E-state index is 0.0936. The molecule has 6 nitrogen and oxygen atoms in total. The van der Waals surface area contributed by atoms with Gasteiger partial charge in [-0.2, -0.15) is 5.10 Å². The summed E-state index contributed by atoms with van der Waals surface area (Å²) in [4.78, 5) is 30.4. The van der Waals surface area contributed by atoms with Crippen LogP contribution in [0.25, 0.3) is 0 Å². The van der Waals surface area contributed by atoms with Crippen LogP contribution in [0, 0.1) is 6.92 Å². The molecule has 3 heterocycles. The number of rotatable bonds is 3. The monoisotopic (exact) mass is 366 g/mol. The lowest BCUT2D eigenvalue weighted by atomic mass is 9.85. The van der Waals surface area contributed by atoms with Crippen molar-refractivity contribution < 1.29 is 9.59 Å². The van der Waals surface area contributed by atoms with Crippen LogP contribution < -0.4 is 0 Å². The van der Waals surface area contributed by atoms with E-state index in [1.165, 1.54) is 0 Å². The second kappa shape index (κ2) is 6.83. The summed E-state index contributed by atoms with van der Waals surface area (Å²) in [5, 5.41) is 4.35. The van der Waals surface area contributed by atoms with E-state index in [9.17, 15) is 9.59 Å². The number of carbonyl (C=O) groups is 2. The Morgan fingerprint density at radius 2 is 1.85 bits per heavy atom. The Bertz CT molecular complexity index is 841. The molecule has 6 heteroatoms. The van der Waals surface area contributed by atoms with Gasteiger partial charge in [0.2, 0.25) is 5.91 Å². The van der Waals surface area contributed by atoms with Crippen LogP contribution in [-0.2, 0) is 18.4 Å². The van der Waals surface area contributed by atoms with Crippen molar-refractivity contribution in [3.05, 3.63) is 53.3 Å². The second-order valence-electron chi connectivity index (χ2n) is 7.70. The van der Waals surface area contributed by atoms with E-state index >= 15 is 0 Å². The molecule has 2 aliphatic heterocycles. The van der Waals surface area contributed by atoms with Crippen LogP contribution in [0.3, 0.4) is 0 Å². The highest BCUT2D eigenvalue weighted by molar-refractivity contribution is 5.99. The van der Waals surface area contributed by atoms with E-state index in [-0.39, 0.29) is 11.8 Å². The van der Waals surface area contributed by atoms with E-state index in [0.29, 0.717) is 18.8 Å². The topological polar surface area (TPSA) is 58.4 Å². The molecule has 142 valence electrons. The van der Waals surface area contributed by atoms with E-state index in [2.05, 4.69) is 5.10 Å². The Labute approximate surface area is 159 Å². The van der Waals surface area contributed by atoms with Crippen molar-refractivity contribution >= 4 is 11.8 Å². The number of aromatic nitrogens is 2. The minimum Gasteiger partial charge on any atom is -0.336 e. The third-order valence-corrected chi connectivity index (χ3v) is 5.99. The lowest BCUT2D eigenvalue weighted by Gasteiger charge is -2.44. The first-order chi connectivity index (χ1) is 13.0. The molecular formula is C21H26N4O2. The summed E-state index contributed by atoms with van der Waals surface area (Å²) in [7, 11) is 1.83. The number of hydrogen-bond donors (Lipinski definition) is 0. The molecular weight excluding hydrogens is 340 g/mol. The summed E-state index contributed by atoms with van der Waals surface area (Å²) in [6.45, 7) is 3.91. The highest BCUT2D eigenvalue weighted by Gasteiger charge is 2.53. The smallest absolute Gasteiger partial charge is 0.275 e. The van der Waals surface area contributed by atoms with Crippen LogP contribution in [0.1, 0.15) is 47.4 Å². The highest BCUT2D eigenvalue weighted by atomic mass is 16.2. The summed E-state index contributed by atoms with van der Waals surface area (Å²) in [6, 6.07) is 11.9. The van der Waals surface area contributed by atoms with Crippen molar-refractivity contribution in [2.75, 3.05) is 13.1 Å². The quantitative estimate of drug-likeness (QED) is 0.839. The molecule has 0 bridgehead atoms. The lowest BCUT2D eigenvalue weighted by molar-refractivity contribution is -0.146. The van der Waals surface area contributed by atoms with Gasteiger partial charge in [-0.05, 0) is 44.2 Å². The van der Waals surface area contributed by atoms with Gasteiger partial charge in [-0.15, -0.1) is 0 Å². The molecule has 2 aromatic rings. The maximum atomic E-state index is 13.5. The first-order valence-electron chi connectivity index (χ1n) is 9.67. The number of hydrogen-bond acceptors (Lipinski definition) is 3. The van der Waals surface area contributed by atoms with Gasteiger partial charge >= 0.3 is 0 Å². The first kappa shape index (κ1) is 17.8. The fraction of sp³-hybridized carbons (Fsp3) is 0.476. The van der Waals surface area contributed by atoms with Crippen molar-refractivity contribution in [2.24, 2.45) is 7.05 Å². The number of piperidine rings is 1. The minimum atomic E-state index is -0.699. The van der Waals surface area contributed by atoms with Crippen LogP contribution in [0.2, 0.25) is 0 Å². The van der Waals surface area contributed by atoms with Crippen LogP contribution in [0.15, 0.2) is 36.4 Å². The molecule has 0 N–H and O–H groups in total. The molecule has 2 saturated heterocycles. The zero-order valence-corrected chi connectivity index (χ0v) is 16.0. The maximum absolute atomic E-state index is 13.5. The molecule has 0 saturated carbocycles. The molecule has 2 fully saturated rings. The zero-order chi connectivity index (χ0) is 19.0. The third-order valence-electron chi connectivity index (χ3n) is 5.99. The molecule has 1 aromatic heterocycles. The van der Waals surface area contributed by atoms with Gasteiger partial charge in [0.05, 0.1) is 0 Å². The Hall–Kier alpha value is -2.63. The Morgan fingerprint density at radius 3 is 2.52 bits per heavy atom. The Kier molecular flexibility index (Phi) is 4.50. The van der Waals surface area contributed by atoms with Crippen molar-refractivity contribution in [2.45, 2.75) is 44.7 Å². The number of benzene rings is 1. The van der Waals surface area contributed by atoms with Crippen LogP contribution in [0.4, 0.5) is 0 Å². The van der Waals surface area contributed by atoms with Gasteiger partial charge in [0.15, 0.2) is 5.69 Å². The van der Waals surface area contributed by atoms with Crippen LogP contribution >= 0.6 is 0 Å². The number of likely N-dealkylation sites (tertiary alicyclic amines) is 2. The summed E-state index contributed by atoms with van der Waals surface area (Å²) in [5.41, 5.74) is 1.80. The van der Waals surface area contributed by atoms with Gasteiger partial charge in [-0.3, -0.25) is 14.3 Å². The van der Waals surface area contributed by atoms with Gasteiger partial charge in [-0.1, -0.05) is 30.3 Å². The number of carbonyl (C=O) groups excluding carboxylic acids is 2. The predicted octanol–water partition coefficient (Wildman–Crippen LogP) is 2.53. The van der Waals surface area contributed by atoms with Crippen molar-refractivity contribution in [1.82, 2.24) is 19.6 Å². The largest absolute Gasteiger partial charge is 0.336 e. The van der Waals surface area contributed by atoms with Crippen LogP contribution in [0.5, 0.6) is 0 Å². The van der Waals surface area contributed by atoms with Gasteiger partial charge in [-0.25, -0.2) is 0 Å². The van der Waals surface area contributed by atoms with Crippen molar-refractivity contribution in [3.63, 3.8) is 0 Å². The molecule has 4 rings (SSSR count). The highest BCUT2D eigenvalue weighted by Crippen LogP contribution is 2.39. The maximum Gasteiger partial charge on any atom is 0.275 e. The molecule has 1 atom stereocenters. The number of aryl methyl sites for hydroxylation is 2. The Balaban J connectivity index is 1.60. The van der Waals surface area contributed by atoms with E-state index in [1.807, 2.05) is 55.3 Å². The zero-order valence-electron chi connectivity index (χ0n) is 16.0. The van der Waals surface area contributed by atoms with Crippen molar-refractivity contribution in [3.8, 4) is 0 Å². The molecule has 1 unspecified atom stereocenters. The molecule has 0 radical (unpaired) electrons. The van der Waals surface area contributed by atoms with E-state index < -0.39 is 5.54 Å². The van der Waals surface area contributed by atoms with Gasteiger partial charge in [0.25, 0.3) is 5.91 Å². The summed E-state index contributed by atoms with van der Waals surface area (Å²) in [5.74, 6) is -0.0257. The summed E-state index contributed by atoms with van der Waals surface area (Å²) >= 11 is 0. The van der Waals surface area contributed by atoms with Gasteiger partial charge in [0, 0.05) is 32.4 Å². The van der Waals surface area contributed by atoms with E-state index in [0.717, 1.165) is 43.5 Å². The third kappa shape index (κ3) is 3.03.